The van der Waals surface area contributed by atoms with E-state index in [4.69, 9.17) is 0 Å². The molecule has 0 saturated carbocycles. The molecular weight excluding hydrogens is 767 g/mol. The van der Waals surface area contributed by atoms with E-state index in [1.807, 2.05) is 65.8 Å². The van der Waals surface area contributed by atoms with E-state index in [0.29, 0.717) is 30.7 Å². The molecule has 0 spiro atoms. The first kappa shape index (κ1) is 37.8. The number of halogens is 6. The van der Waals surface area contributed by atoms with Gasteiger partial charge in [-0.3, -0.25) is 0 Å². The molecule has 0 amide bonds. The van der Waals surface area contributed by atoms with Gasteiger partial charge in [0.05, 0.1) is 0 Å². The molecule has 7 rings (SSSR count). The highest BCUT2D eigenvalue weighted by molar-refractivity contribution is 8.09. The fourth-order valence-corrected chi connectivity index (χ4v) is 11.5. The standard InChI is InChI=1S/C41H36F6O2S4/c1-37(2,3)31-17-15-27(50-31)29-19-25(35(52-29)21-7-11-23(48)12-8-21)33-34(40(44,45)41(46,47)39(33,42)43)26-20-30(28-16-18-32(51-28)38(4,5)6)53-36(26)22-9-13-24(49)14-10-22/h7-20,25,35,48-49H,1-6H3/t25?,35-/m0/s1. The summed E-state index contributed by atoms with van der Waals surface area (Å²) in [5.41, 5.74) is -2.85. The fraction of sp³-hybridized carbons (Fsp3) is 0.317. The van der Waals surface area contributed by atoms with Gasteiger partial charge in [0, 0.05) is 62.0 Å². The summed E-state index contributed by atoms with van der Waals surface area (Å²) in [6.45, 7) is 12.2. The van der Waals surface area contributed by atoms with Gasteiger partial charge in [0.15, 0.2) is 0 Å². The summed E-state index contributed by atoms with van der Waals surface area (Å²) in [6.07, 6.45) is 1.43. The summed E-state index contributed by atoms with van der Waals surface area (Å²) >= 11 is 5.07. The highest BCUT2D eigenvalue weighted by Crippen LogP contribution is 2.69. The third kappa shape index (κ3) is 6.37. The normalized spacial score (nSPS) is 21.0. The van der Waals surface area contributed by atoms with Gasteiger partial charge in [-0.1, -0.05) is 59.8 Å². The largest absolute Gasteiger partial charge is 0.508 e. The molecule has 2 aliphatic rings. The number of alkyl halides is 6. The van der Waals surface area contributed by atoms with Gasteiger partial charge in [-0.05, 0) is 88.7 Å². The molecule has 3 aromatic heterocycles. The first-order valence-electron chi connectivity index (χ1n) is 16.8. The highest BCUT2D eigenvalue weighted by atomic mass is 32.2. The third-order valence-electron chi connectivity index (χ3n) is 9.48. The summed E-state index contributed by atoms with van der Waals surface area (Å²) < 4.78 is 98.1. The van der Waals surface area contributed by atoms with Crippen LogP contribution < -0.4 is 0 Å². The van der Waals surface area contributed by atoms with Crippen LogP contribution in [-0.4, -0.2) is 28.0 Å². The Labute approximate surface area is 320 Å². The Morgan fingerprint density at radius 2 is 1.13 bits per heavy atom. The van der Waals surface area contributed by atoms with Crippen LogP contribution in [0.4, 0.5) is 26.3 Å². The van der Waals surface area contributed by atoms with E-state index in [9.17, 15) is 10.2 Å². The van der Waals surface area contributed by atoms with Crippen molar-refractivity contribution < 1.29 is 36.6 Å². The van der Waals surface area contributed by atoms with Crippen molar-refractivity contribution in [3.8, 4) is 31.7 Å². The van der Waals surface area contributed by atoms with E-state index in [0.717, 1.165) is 32.9 Å². The molecule has 2 N–H and O–H groups in total. The van der Waals surface area contributed by atoms with Crippen LogP contribution in [0.3, 0.4) is 0 Å². The van der Waals surface area contributed by atoms with Crippen LogP contribution in [0.25, 0.3) is 30.7 Å². The third-order valence-corrected chi connectivity index (χ3v) is 15.5. The van der Waals surface area contributed by atoms with Crippen LogP contribution in [0.2, 0.25) is 0 Å². The Morgan fingerprint density at radius 1 is 0.604 bits per heavy atom. The second-order valence-corrected chi connectivity index (χ2v) is 19.8. The van der Waals surface area contributed by atoms with E-state index in [1.54, 1.807) is 0 Å². The van der Waals surface area contributed by atoms with Gasteiger partial charge in [0.2, 0.25) is 0 Å². The Kier molecular flexibility index (Phi) is 9.15. The summed E-state index contributed by atoms with van der Waals surface area (Å²) in [5.74, 6) is -18.0. The number of benzene rings is 2. The average molecular weight is 803 g/mol. The lowest BCUT2D eigenvalue weighted by Crippen LogP contribution is -2.49. The van der Waals surface area contributed by atoms with Gasteiger partial charge in [-0.2, -0.15) is 26.3 Å². The number of allylic oxidation sites excluding steroid dienone is 3. The molecule has 53 heavy (non-hydrogen) atoms. The van der Waals surface area contributed by atoms with Gasteiger partial charge in [0.1, 0.15) is 11.5 Å². The van der Waals surface area contributed by atoms with Gasteiger partial charge >= 0.3 is 17.8 Å². The maximum Gasteiger partial charge on any atom is 0.380 e. The van der Waals surface area contributed by atoms with Crippen molar-refractivity contribution in [2.45, 2.75) is 75.4 Å². The molecule has 1 aliphatic heterocycles. The minimum atomic E-state index is -5.75. The van der Waals surface area contributed by atoms with Crippen LogP contribution >= 0.6 is 45.8 Å². The zero-order valence-corrected chi connectivity index (χ0v) is 32.8. The quantitative estimate of drug-likeness (QED) is 0.168. The highest BCUT2D eigenvalue weighted by Gasteiger charge is 2.81. The van der Waals surface area contributed by atoms with Crippen molar-refractivity contribution in [3.05, 3.63) is 116 Å². The van der Waals surface area contributed by atoms with Crippen molar-refractivity contribution >= 4 is 56.3 Å². The second-order valence-electron chi connectivity index (χ2n) is 15.4. The molecule has 278 valence electrons. The number of phenolic OH excluding ortho intramolecular Hbond substituents is 2. The topological polar surface area (TPSA) is 40.5 Å². The van der Waals surface area contributed by atoms with Crippen LogP contribution in [-0.2, 0) is 10.8 Å². The molecule has 2 aromatic carbocycles. The Morgan fingerprint density at radius 3 is 1.68 bits per heavy atom. The molecule has 2 atom stereocenters. The molecule has 1 aliphatic carbocycles. The Balaban J connectivity index is 1.51. The molecular formula is C41H36F6O2S4. The summed E-state index contributed by atoms with van der Waals surface area (Å²) in [7, 11) is 0. The zero-order chi connectivity index (χ0) is 38.5. The number of thiophene rings is 3. The van der Waals surface area contributed by atoms with E-state index in [2.05, 4.69) is 0 Å². The first-order valence-corrected chi connectivity index (χ1v) is 20.1. The zero-order valence-electron chi connectivity index (χ0n) is 29.5. The Bertz CT molecular complexity index is 2240. The number of aromatic hydroxyl groups is 2. The van der Waals surface area contributed by atoms with Crippen LogP contribution in [0.5, 0.6) is 11.5 Å². The van der Waals surface area contributed by atoms with E-state index in [1.165, 1.54) is 83.3 Å². The minimum Gasteiger partial charge on any atom is -0.508 e. The molecule has 12 heteroatoms. The molecule has 0 saturated heterocycles. The van der Waals surface area contributed by atoms with Gasteiger partial charge in [0.25, 0.3) is 0 Å². The van der Waals surface area contributed by atoms with Crippen LogP contribution in [0.15, 0.2) is 90.5 Å². The van der Waals surface area contributed by atoms with E-state index in [-0.39, 0.29) is 27.2 Å². The maximum absolute atomic E-state index is 16.6. The number of thioether (sulfide) groups is 1. The average Bonchev–Trinajstić information content (AvgIpc) is 3.89. The van der Waals surface area contributed by atoms with Crippen molar-refractivity contribution in [1.29, 1.82) is 0 Å². The molecule has 0 radical (unpaired) electrons. The molecule has 5 aromatic rings. The predicted octanol–water partition coefficient (Wildman–Crippen LogP) is 14.0. The summed E-state index contributed by atoms with van der Waals surface area (Å²) in [6, 6.07) is 20.2. The van der Waals surface area contributed by atoms with Crippen molar-refractivity contribution in [3.63, 3.8) is 0 Å². The van der Waals surface area contributed by atoms with Crippen LogP contribution in [0, 0.1) is 5.92 Å². The van der Waals surface area contributed by atoms with E-state index < -0.39 is 45.6 Å². The second kappa shape index (κ2) is 12.8. The smallest absolute Gasteiger partial charge is 0.380 e. The monoisotopic (exact) mass is 802 g/mol. The molecule has 4 heterocycles. The molecule has 0 bridgehead atoms. The van der Waals surface area contributed by atoms with Crippen molar-refractivity contribution in [2.24, 2.45) is 5.92 Å². The molecule has 1 unspecified atom stereocenters. The lowest BCUT2D eigenvalue weighted by atomic mass is 9.85. The van der Waals surface area contributed by atoms with Crippen molar-refractivity contribution in [2.75, 3.05) is 0 Å². The Hall–Kier alpha value is -3.45. The predicted molar refractivity (Wildman–Crippen MR) is 208 cm³/mol. The number of rotatable bonds is 6. The molecule has 2 nitrogen and oxygen atoms in total. The number of phenols is 2. The van der Waals surface area contributed by atoms with Gasteiger partial charge < -0.3 is 10.2 Å². The lowest BCUT2D eigenvalue weighted by molar-refractivity contribution is -0.261. The summed E-state index contributed by atoms with van der Waals surface area (Å²) in [5, 5.41) is 19.1. The van der Waals surface area contributed by atoms with E-state index >= 15 is 26.3 Å². The van der Waals surface area contributed by atoms with Crippen molar-refractivity contribution in [1.82, 2.24) is 0 Å². The van der Waals surface area contributed by atoms with Crippen LogP contribution in [0.1, 0.15) is 72.6 Å². The summed E-state index contributed by atoms with van der Waals surface area (Å²) in [4.78, 5) is 4.49. The minimum absolute atomic E-state index is 0.0914. The van der Waals surface area contributed by atoms with Gasteiger partial charge in [-0.15, -0.1) is 45.8 Å². The maximum atomic E-state index is 16.6. The fourth-order valence-electron chi connectivity index (χ4n) is 6.63. The molecule has 0 fully saturated rings. The first-order chi connectivity index (χ1) is 24.6. The SMILES string of the molecule is CC(C)(C)c1ccc(C2=CC(C3=C(c4cc(-c5ccc(C(C)(C)C)s5)sc4-c4ccc(O)cc4)C(F)(F)C(F)(F)C3(F)F)[C@H](c3ccc(O)cc3)S2)s1. The van der Waals surface area contributed by atoms with Gasteiger partial charge in [-0.25, -0.2) is 0 Å². The number of hydrogen-bond donors (Lipinski definition) is 2. The lowest BCUT2D eigenvalue weighted by Gasteiger charge is -2.28. The number of hydrogen-bond acceptors (Lipinski definition) is 6.